The molecule has 0 bridgehead atoms. The van der Waals surface area contributed by atoms with Gasteiger partial charge in [-0.05, 0) is 42.6 Å². The van der Waals surface area contributed by atoms with Crippen molar-refractivity contribution in [3.63, 3.8) is 0 Å². The summed E-state index contributed by atoms with van der Waals surface area (Å²) < 4.78 is 10.5. The van der Waals surface area contributed by atoms with Gasteiger partial charge in [0, 0.05) is 5.75 Å². The van der Waals surface area contributed by atoms with Crippen LogP contribution < -0.4 is 4.74 Å². The first-order valence-electron chi connectivity index (χ1n) is 8.33. The maximum absolute atomic E-state index is 11.6. The molecular formula is C18H19N3O4S2. The Morgan fingerprint density at radius 1 is 1.33 bits per heavy atom. The second-order valence-corrected chi connectivity index (χ2v) is 7.40. The van der Waals surface area contributed by atoms with E-state index < -0.39 is 6.10 Å². The highest BCUT2D eigenvalue weighted by molar-refractivity contribution is 7.99. The lowest BCUT2D eigenvalue weighted by molar-refractivity contribution is 0.0526. The number of benzene rings is 1. The highest BCUT2D eigenvalue weighted by atomic mass is 32.2. The standard InChI is InChI=1S/C18H19N3O4S2/c1-2-24-17(23)12-5-7-14(8-6-12)25-10-13(22)11-27-18-19-16(20-21-18)15-4-3-9-26-15/h3-9,13,22H,2,10-11H2,1H3,(H,19,20,21)/t13-/m1/s1. The first-order chi connectivity index (χ1) is 13.2. The summed E-state index contributed by atoms with van der Waals surface area (Å²) in [6.45, 7) is 2.23. The number of thioether (sulfide) groups is 1. The number of aromatic amines is 1. The van der Waals surface area contributed by atoms with Crippen LogP contribution in [0.25, 0.3) is 10.7 Å². The quantitative estimate of drug-likeness (QED) is 0.417. The average molecular weight is 406 g/mol. The number of rotatable bonds is 9. The zero-order valence-electron chi connectivity index (χ0n) is 14.6. The minimum absolute atomic E-state index is 0.133. The molecule has 2 aromatic heterocycles. The van der Waals surface area contributed by atoms with E-state index in [-0.39, 0.29) is 12.6 Å². The van der Waals surface area contributed by atoms with Gasteiger partial charge in [-0.1, -0.05) is 17.8 Å². The van der Waals surface area contributed by atoms with Crippen molar-refractivity contribution in [2.45, 2.75) is 18.2 Å². The Labute approximate surface area is 164 Å². The summed E-state index contributed by atoms with van der Waals surface area (Å²) in [6, 6.07) is 10.5. The van der Waals surface area contributed by atoms with Crippen LogP contribution in [0.2, 0.25) is 0 Å². The first-order valence-corrected chi connectivity index (χ1v) is 10.2. The predicted molar refractivity (Wildman–Crippen MR) is 104 cm³/mol. The highest BCUT2D eigenvalue weighted by Crippen LogP contribution is 2.23. The van der Waals surface area contributed by atoms with Gasteiger partial charge >= 0.3 is 5.97 Å². The Morgan fingerprint density at radius 3 is 2.85 bits per heavy atom. The fourth-order valence-corrected chi connectivity index (χ4v) is 3.51. The summed E-state index contributed by atoms with van der Waals surface area (Å²) in [7, 11) is 0. The van der Waals surface area contributed by atoms with Crippen molar-refractivity contribution in [2.75, 3.05) is 19.0 Å². The number of aliphatic hydroxyl groups excluding tert-OH is 1. The van der Waals surface area contributed by atoms with E-state index in [1.54, 1.807) is 42.5 Å². The molecule has 142 valence electrons. The number of nitrogens with zero attached hydrogens (tertiary/aromatic N) is 2. The third-order valence-corrected chi connectivity index (χ3v) is 5.30. The normalized spacial score (nSPS) is 11.9. The Kier molecular flexibility index (Phi) is 6.86. The number of hydrogen-bond acceptors (Lipinski definition) is 8. The highest BCUT2D eigenvalue weighted by Gasteiger charge is 2.12. The molecule has 0 aliphatic carbocycles. The van der Waals surface area contributed by atoms with Crippen molar-refractivity contribution in [3.05, 3.63) is 47.3 Å². The van der Waals surface area contributed by atoms with Crippen molar-refractivity contribution in [3.8, 4) is 16.5 Å². The lowest BCUT2D eigenvalue weighted by atomic mass is 10.2. The van der Waals surface area contributed by atoms with Crippen molar-refractivity contribution >= 4 is 29.1 Å². The van der Waals surface area contributed by atoms with Crippen LogP contribution in [0.5, 0.6) is 5.75 Å². The SMILES string of the molecule is CCOC(=O)c1ccc(OC[C@@H](O)CSc2n[nH]c(-c3cccs3)n2)cc1. The molecule has 0 aliphatic rings. The summed E-state index contributed by atoms with van der Waals surface area (Å²) in [5, 5.41) is 19.7. The number of hydrogen-bond donors (Lipinski definition) is 2. The molecule has 3 rings (SSSR count). The zero-order chi connectivity index (χ0) is 19.1. The minimum Gasteiger partial charge on any atom is -0.491 e. The van der Waals surface area contributed by atoms with Gasteiger partial charge in [0.2, 0.25) is 5.16 Å². The number of aromatic nitrogens is 3. The molecule has 0 amide bonds. The maximum Gasteiger partial charge on any atom is 0.338 e. The van der Waals surface area contributed by atoms with E-state index in [0.29, 0.717) is 28.8 Å². The third-order valence-electron chi connectivity index (χ3n) is 3.43. The van der Waals surface area contributed by atoms with Crippen molar-refractivity contribution in [1.82, 2.24) is 15.2 Å². The molecule has 9 heteroatoms. The lowest BCUT2D eigenvalue weighted by Gasteiger charge is -2.11. The van der Waals surface area contributed by atoms with Gasteiger partial charge in [0.25, 0.3) is 0 Å². The molecule has 0 unspecified atom stereocenters. The van der Waals surface area contributed by atoms with Gasteiger partial charge in [-0.2, -0.15) is 0 Å². The Bertz CT molecular complexity index is 850. The fourth-order valence-electron chi connectivity index (χ4n) is 2.15. The summed E-state index contributed by atoms with van der Waals surface area (Å²) in [5.74, 6) is 1.33. The number of ether oxygens (including phenoxy) is 2. The topological polar surface area (TPSA) is 97.3 Å². The van der Waals surface area contributed by atoms with E-state index in [1.807, 2.05) is 17.5 Å². The van der Waals surface area contributed by atoms with E-state index in [2.05, 4.69) is 15.2 Å². The zero-order valence-corrected chi connectivity index (χ0v) is 16.3. The number of aliphatic hydroxyl groups is 1. The largest absolute Gasteiger partial charge is 0.491 e. The molecule has 0 saturated carbocycles. The van der Waals surface area contributed by atoms with Crippen LogP contribution >= 0.6 is 23.1 Å². The van der Waals surface area contributed by atoms with Crippen molar-refractivity contribution in [1.29, 1.82) is 0 Å². The van der Waals surface area contributed by atoms with Gasteiger partial charge < -0.3 is 14.6 Å². The van der Waals surface area contributed by atoms with Gasteiger partial charge in [0.1, 0.15) is 12.4 Å². The van der Waals surface area contributed by atoms with Crippen molar-refractivity contribution < 1.29 is 19.4 Å². The number of carbonyl (C=O) groups excluding carboxylic acids is 1. The van der Waals surface area contributed by atoms with Gasteiger partial charge in [-0.25, -0.2) is 9.78 Å². The molecule has 0 aliphatic heterocycles. The Balaban J connectivity index is 1.43. The van der Waals surface area contributed by atoms with Gasteiger partial charge in [0.15, 0.2) is 5.82 Å². The Morgan fingerprint density at radius 2 is 2.15 bits per heavy atom. The van der Waals surface area contributed by atoms with Gasteiger partial charge in [-0.3, -0.25) is 5.10 Å². The molecule has 1 aromatic carbocycles. The van der Waals surface area contributed by atoms with E-state index in [9.17, 15) is 9.90 Å². The summed E-state index contributed by atoms with van der Waals surface area (Å²) in [6.07, 6.45) is -0.677. The van der Waals surface area contributed by atoms with E-state index in [4.69, 9.17) is 9.47 Å². The van der Waals surface area contributed by atoms with E-state index in [1.165, 1.54) is 11.8 Å². The minimum atomic E-state index is -0.677. The van der Waals surface area contributed by atoms with Crippen LogP contribution in [-0.2, 0) is 4.74 Å². The number of carbonyl (C=O) groups is 1. The van der Waals surface area contributed by atoms with Crippen LogP contribution in [-0.4, -0.2) is 51.3 Å². The smallest absolute Gasteiger partial charge is 0.338 e. The van der Waals surface area contributed by atoms with Gasteiger partial charge in [-0.15, -0.1) is 16.4 Å². The molecule has 3 aromatic rings. The van der Waals surface area contributed by atoms with Gasteiger partial charge in [0.05, 0.1) is 23.2 Å². The fraction of sp³-hybridized carbons (Fsp3) is 0.278. The molecule has 2 heterocycles. The molecule has 1 atom stereocenters. The summed E-state index contributed by atoms with van der Waals surface area (Å²) >= 11 is 2.94. The van der Waals surface area contributed by atoms with Crippen LogP contribution in [0.4, 0.5) is 0 Å². The molecule has 27 heavy (non-hydrogen) atoms. The molecule has 7 nitrogen and oxygen atoms in total. The second-order valence-electron chi connectivity index (χ2n) is 5.46. The maximum atomic E-state index is 11.6. The number of thiophene rings is 1. The number of H-pyrrole nitrogens is 1. The van der Waals surface area contributed by atoms with Crippen LogP contribution in [0, 0.1) is 0 Å². The van der Waals surface area contributed by atoms with Crippen molar-refractivity contribution in [2.24, 2.45) is 0 Å². The van der Waals surface area contributed by atoms with E-state index >= 15 is 0 Å². The molecule has 0 saturated heterocycles. The molecule has 2 N–H and O–H groups in total. The number of nitrogens with one attached hydrogen (secondary N) is 1. The lowest BCUT2D eigenvalue weighted by Crippen LogP contribution is -2.20. The Hall–Kier alpha value is -2.36. The monoisotopic (exact) mass is 405 g/mol. The van der Waals surface area contributed by atoms with E-state index in [0.717, 1.165) is 10.7 Å². The first kappa shape index (κ1) is 19.4. The molecule has 0 spiro atoms. The molecular weight excluding hydrogens is 386 g/mol. The average Bonchev–Trinajstić information content (AvgIpc) is 3.37. The summed E-state index contributed by atoms with van der Waals surface area (Å²) in [5.41, 5.74) is 0.464. The second kappa shape index (κ2) is 9.54. The summed E-state index contributed by atoms with van der Waals surface area (Å²) in [4.78, 5) is 17.0. The van der Waals surface area contributed by atoms with Crippen LogP contribution in [0.15, 0.2) is 46.9 Å². The van der Waals surface area contributed by atoms with Crippen LogP contribution in [0.1, 0.15) is 17.3 Å². The number of esters is 1. The third kappa shape index (κ3) is 5.56. The van der Waals surface area contributed by atoms with Crippen LogP contribution in [0.3, 0.4) is 0 Å². The molecule has 0 fully saturated rings. The molecule has 0 radical (unpaired) electrons. The predicted octanol–water partition coefficient (Wildman–Crippen LogP) is 3.24.